The Morgan fingerprint density at radius 1 is 1.33 bits per heavy atom. The molecule has 4 nitrogen and oxygen atoms in total. The van der Waals surface area contributed by atoms with Gasteiger partial charge in [0, 0.05) is 30.4 Å². The van der Waals surface area contributed by atoms with Crippen molar-refractivity contribution in [3.8, 4) is 0 Å². The fourth-order valence-electron chi connectivity index (χ4n) is 3.82. The summed E-state index contributed by atoms with van der Waals surface area (Å²) in [5.74, 6) is -0.782. The van der Waals surface area contributed by atoms with Gasteiger partial charge in [-0.2, -0.15) is 5.10 Å². The van der Waals surface area contributed by atoms with E-state index in [1.54, 1.807) is 6.20 Å². The van der Waals surface area contributed by atoms with Crippen LogP contribution < -0.4 is 0 Å². The van der Waals surface area contributed by atoms with E-state index in [0.29, 0.717) is 25.1 Å². The van der Waals surface area contributed by atoms with Gasteiger partial charge in [0.1, 0.15) is 11.6 Å². The minimum Gasteiger partial charge on any atom is -0.341 e. The lowest BCUT2D eigenvalue weighted by Gasteiger charge is -2.41. The van der Waals surface area contributed by atoms with Crippen LogP contribution in [-0.2, 0) is 17.6 Å². The number of carbonyl (C=O) groups excluding carboxylic acids is 1. The van der Waals surface area contributed by atoms with Crippen molar-refractivity contribution in [3.63, 3.8) is 0 Å². The van der Waals surface area contributed by atoms with Crippen LogP contribution >= 0.6 is 0 Å². The van der Waals surface area contributed by atoms with Crippen LogP contribution in [0, 0.1) is 17.6 Å². The molecule has 0 radical (unpaired) electrons. The van der Waals surface area contributed by atoms with E-state index in [2.05, 4.69) is 10.2 Å². The molecule has 4 rings (SSSR count). The van der Waals surface area contributed by atoms with Gasteiger partial charge < -0.3 is 4.90 Å². The zero-order valence-corrected chi connectivity index (χ0v) is 13.3. The topological polar surface area (TPSA) is 49.0 Å². The van der Waals surface area contributed by atoms with Crippen LogP contribution in [0.2, 0.25) is 0 Å². The summed E-state index contributed by atoms with van der Waals surface area (Å²) in [6.45, 7) is 1.28. The summed E-state index contributed by atoms with van der Waals surface area (Å²) in [4.78, 5) is 14.6. The van der Waals surface area contributed by atoms with Gasteiger partial charge in [-0.3, -0.25) is 9.89 Å². The first-order chi connectivity index (χ1) is 11.6. The molecule has 0 saturated carbocycles. The quantitative estimate of drug-likeness (QED) is 0.940. The molecule has 1 aliphatic carbocycles. The van der Waals surface area contributed by atoms with E-state index in [0.717, 1.165) is 36.6 Å². The largest absolute Gasteiger partial charge is 0.341 e. The molecule has 0 bridgehead atoms. The number of nitrogens with one attached hydrogen (secondary N) is 1. The van der Waals surface area contributed by atoms with Gasteiger partial charge in [0.15, 0.2) is 0 Å². The van der Waals surface area contributed by atoms with Crippen LogP contribution in [0.1, 0.15) is 35.6 Å². The highest BCUT2D eigenvalue weighted by atomic mass is 19.1. The first-order valence-corrected chi connectivity index (χ1v) is 8.36. The number of benzene rings is 1. The normalized spacial score (nSPS) is 20.6. The lowest BCUT2D eigenvalue weighted by molar-refractivity contribution is -0.139. The van der Waals surface area contributed by atoms with Gasteiger partial charge in [-0.05, 0) is 43.2 Å². The Hall–Kier alpha value is -2.24. The summed E-state index contributed by atoms with van der Waals surface area (Å²) < 4.78 is 26.7. The second kappa shape index (κ2) is 6.00. The van der Waals surface area contributed by atoms with Crippen molar-refractivity contribution in [2.45, 2.75) is 31.6 Å². The maximum absolute atomic E-state index is 13.7. The molecule has 1 unspecified atom stereocenters. The number of hydrogen-bond donors (Lipinski definition) is 1. The monoisotopic (exact) mass is 331 g/mol. The maximum Gasteiger partial charge on any atom is 0.230 e. The van der Waals surface area contributed by atoms with Crippen molar-refractivity contribution in [1.29, 1.82) is 0 Å². The number of carbonyl (C=O) groups is 1. The lowest BCUT2D eigenvalue weighted by atomic mass is 9.84. The third-order valence-electron chi connectivity index (χ3n) is 5.14. The highest BCUT2D eigenvalue weighted by Gasteiger charge is 2.37. The van der Waals surface area contributed by atoms with E-state index < -0.39 is 11.6 Å². The molecular weight excluding hydrogens is 312 g/mol. The summed E-state index contributed by atoms with van der Waals surface area (Å²) in [6.07, 6.45) is 5.11. The number of H-pyrrole nitrogens is 1. The van der Waals surface area contributed by atoms with Gasteiger partial charge in [-0.25, -0.2) is 8.78 Å². The fourth-order valence-corrected chi connectivity index (χ4v) is 3.82. The Morgan fingerprint density at radius 2 is 2.17 bits per heavy atom. The van der Waals surface area contributed by atoms with Crippen molar-refractivity contribution < 1.29 is 13.6 Å². The molecule has 1 aromatic carbocycles. The van der Waals surface area contributed by atoms with E-state index in [1.807, 2.05) is 4.90 Å². The number of aromatic nitrogens is 2. The molecule has 1 N–H and O–H groups in total. The van der Waals surface area contributed by atoms with Gasteiger partial charge in [0.25, 0.3) is 0 Å². The number of fused-ring (bicyclic) bond motifs is 1. The van der Waals surface area contributed by atoms with E-state index in [-0.39, 0.29) is 17.7 Å². The average Bonchev–Trinajstić information content (AvgIpc) is 3.00. The molecular formula is C18H19F2N3O. The zero-order valence-electron chi connectivity index (χ0n) is 13.3. The van der Waals surface area contributed by atoms with Crippen LogP contribution in [-0.4, -0.2) is 34.1 Å². The number of amides is 1. The van der Waals surface area contributed by atoms with Crippen LogP contribution in [0.4, 0.5) is 8.78 Å². The average molecular weight is 331 g/mol. The Kier molecular flexibility index (Phi) is 3.82. The van der Waals surface area contributed by atoms with Gasteiger partial charge in [0.2, 0.25) is 5.91 Å². The Labute approximate surface area is 138 Å². The van der Waals surface area contributed by atoms with E-state index in [9.17, 15) is 13.6 Å². The second-order valence-corrected chi connectivity index (χ2v) is 6.80. The van der Waals surface area contributed by atoms with Crippen molar-refractivity contribution in [2.24, 2.45) is 5.92 Å². The number of aromatic amines is 1. The Morgan fingerprint density at radius 3 is 2.96 bits per heavy atom. The van der Waals surface area contributed by atoms with Crippen molar-refractivity contribution in [2.75, 3.05) is 13.1 Å². The molecule has 2 aromatic rings. The van der Waals surface area contributed by atoms with E-state index in [1.165, 1.54) is 12.1 Å². The molecule has 1 atom stereocenters. The van der Waals surface area contributed by atoms with E-state index >= 15 is 0 Å². The highest BCUT2D eigenvalue weighted by molar-refractivity contribution is 5.84. The molecule has 1 aromatic heterocycles. The van der Waals surface area contributed by atoms with Gasteiger partial charge in [-0.15, -0.1) is 0 Å². The second-order valence-electron chi connectivity index (χ2n) is 6.80. The molecule has 1 fully saturated rings. The summed E-state index contributed by atoms with van der Waals surface area (Å²) in [5, 5.41) is 7.04. The number of likely N-dealkylation sites (tertiary alicyclic amines) is 1. The molecule has 24 heavy (non-hydrogen) atoms. The SMILES string of the molecule is O=C(C1CCCc2[nH]ncc21)N1CC(Cc2ccc(F)cc2F)C1. The van der Waals surface area contributed by atoms with Crippen molar-refractivity contribution in [1.82, 2.24) is 15.1 Å². The lowest BCUT2D eigenvalue weighted by Crippen LogP contribution is -2.52. The number of halogens is 2. The number of rotatable bonds is 3. The predicted octanol–water partition coefficient (Wildman–Crippen LogP) is 2.81. The smallest absolute Gasteiger partial charge is 0.230 e. The summed E-state index contributed by atoms with van der Waals surface area (Å²) in [7, 11) is 0. The summed E-state index contributed by atoms with van der Waals surface area (Å²) in [5.41, 5.74) is 2.62. The minimum atomic E-state index is -0.560. The van der Waals surface area contributed by atoms with Crippen LogP contribution in [0.25, 0.3) is 0 Å². The molecule has 1 amide bonds. The van der Waals surface area contributed by atoms with Crippen LogP contribution in [0.15, 0.2) is 24.4 Å². The Bertz CT molecular complexity index is 767. The molecule has 0 spiro atoms. The fraction of sp³-hybridized carbons (Fsp3) is 0.444. The van der Waals surface area contributed by atoms with Gasteiger partial charge >= 0.3 is 0 Å². The van der Waals surface area contributed by atoms with Crippen LogP contribution in [0.3, 0.4) is 0 Å². The Balaban J connectivity index is 1.37. The van der Waals surface area contributed by atoms with Crippen LogP contribution in [0.5, 0.6) is 0 Å². The summed E-state index contributed by atoms with van der Waals surface area (Å²) >= 11 is 0. The van der Waals surface area contributed by atoms with E-state index in [4.69, 9.17) is 0 Å². The standard InChI is InChI=1S/C18H19F2N3O/c19-13-5-4-12(16(20)7-13)6-11-9-23(10-11)18(24)14-2-1-3-17-15(14)8-21-22-17/h4-5,7-8,11,14H,1-3,6,9-10H2,(H,21,22). The maximum atomic E-state index is 13.7. The molecule has 2 heterocycles. The predicted molar refractivity (Wildman–Crippen MR) is 84.4 cm³/mol. The highest BCUT2D eigenvalue weighted by Crippen LogP contribution is 2.34. The molecule has 1 aliphatic heterocycles. The molecule has 1 saturated heterocycles. The van der Waals surface area contributed by atoms with Gasteiger partial charge in [0.05, 0.1) is 12.1 Å². The molecule has 2 aliphatic rings. The number of aryl methyl sites for hydroxylation is 1. The zero-order chi connectivity index (χ0) is 16.7. The number of nitrogens with zero attached hydrogens (tertiary/aromatic N) is 2. The van der Waals surface area contributed by atoms with Crippen molar-refractivity contribution in [3.05, 3.63) is 52.9 Å². The third kappa shape index (κ3) is 2.70. The first kappa shape index (κ1) is 15.3. The first-order valence-electron chi connectivity index (χ1n) is 8.36. The molecule has 126 valence electrons. The van der Waals surface area contributed by atoms with Gasteiger partial charge in [-0.1, -0.05) is 6.07 Å². The number of hydrogen-bond acceptors (Lipinski definition) is 2. The van der Waals surface area contributed by atoms with Crippen molar-refractivity contribution >= 4 is 5.91 Å². The molecule has 6 heteroatoms. The summed E-state index contributed by atoms with van der Waals surface area (Å²) in [6, 6.07) is 3.69. The third-order valence-corrected chi connectivity index (χ3v) is 5.14. The minimum absolute atomic E-state index is 0.101.